The molecule has 0 radical (unpaired) electrons. The Hall–Kier alpha value is -4.50. The third-order valence-corrected chi connectivity index (χ3v) is 8.15. The van der Waals surface area contributed by atoms with E-state index in [1.54, 1.807) is 0 Å². The lowest BCUT2D eigenvalue weighted by Crippen LogP contribution is -2.08. The van der Waals surface area contributed by atoms with Crippen molar-refractivity contribution in [2.75, 3.05) is 57.0 Å². The Balaban J connectivity index is 1.68. The highest BCUT2D eigenvalue weighted by Crippen LogP contribution is 2.50. The van der Waals surface area contributed by atoms with Gasteiger partial charge in [0.15, 0.2) is 0 Å². The molecule has 0 N–H and O–H groups in total. The number of benzene rings is 5. The van der Waals surface area contributed by atoms with Crippen molar-refractivity contribution in [3.63, 3.8) is 0 Å². The zero-order chi connectivity index (χ0) is 28.0. The summed E-state index contributed by atoms with van der Waals surface area (Å²) in [5, 5.41) is 0. The van der Waals surface area contributed by atoms with Gasteiger partial charge in [-0.15, -0.1) is 0 Å². The van der Waals surface area contributed by atoms with Gasteiger partial charge in [0.05, 0.1) is 0 Å². The highest BCUT2D eigenvalue weighted by Gasteiger charge is 2.27. The van der Waals surface area contributed by atoms with Gasteiger partial charge in [-0.05, 0) is 105 Å². The van der Waals surface area contributed by atoms with Crippen molar-refractivity contribution < 1.29 is 0 Å². The molecule has 0 fully saturated rings. The van der Waals surface area contributed by atoms with Gasteiger partial charge in [-0.3, -0.25) is 0 Å². The number of hydrogen-bond donors (Lipinski definition) is 0. The average molecular weight is 524 g/mol. The standard InChI is InChI=1S/C37H37N3/c1-38(2)29-17-11-25(12-18-29)33-24-34-32-10-8-7-9-28(32)23-35(34)37(27-15-21-31(22-16-27)40(5)6)36(33)26-13-19-30(20-14-26)39(3)4/h7-22,24H,23H2,1-6H3. The van der Waals surface area contributed by atoms with Crippen molar-refractivity contribution in [1.29, 1.82) is 0 Å². The van der Waals surface area contributed by atoms with Crippen LogP contribution in [0.5, 0.6) is 0 Å². The van der Waals surface area contributed by atoms with Crippen molar-refractivity contribution in [2.24, 2.45) is 0 Å². The predicted molar refractivity (Wildman–Crippen MR) is 174 cm³/mol. The third kappa shape index (κ3) is 4.52. The second-order valence-corrected chi connectivity index (χ2v) is 11.4. The summed E-state index contributed by atoms with van der Waals surface area (Å²) in [5.41, 5.74) is 16.8. The smallest absolute Gasteiger partial charge is 0.0361 e. The van der Waals surface area contributed by atoms with E-state index >= 15 is 0 Å². The van der Waals surface area contributed by atoms with Gasteiger partial charge in [0.2, 0.25) is 0 Å². The molecule has 200 valence electrons. The maximum absolute atomic E-state index is 2.44. The molecule has 0 bridgehead atoms. The fourth-order valence-electron chi connectivity index (χ4n) is 5.91. The number of anilines is 3. The van der Waals surface area contributed by atoms with E-state index in [9.17, 15) is 0 Å². The van der Waals surface area contributed by atoms with Crippen LogP contribution in [0.3, 0.4) is 0 Å². The molecule has 6 rings (SSSR count). The lowest BCUT2D eigenvalue weighted by Gasteiger charge is -2.23. The Morgan fingerprint density at radius 2 is 0.875 bits per heavy atom. The summed E-state index contributed by atoms with van der Waals surface area (Å²) in [5.74, 6) is 0. The summed E-state index contributed by atoms with van der Waals surface area (Å²) < 4.78 is 0. The van der Waals surface area contributed by atoms with Crippen LogP contribution in [0.1, 0.15) is 11.1 Å². The van der Waals surface area contributed by atoms with Gasteiger partial charge in [0, 0.05) is 59.3 Å². The van der Waals surface area contributed by atoms with Crippen LogP contribution in [-0.2, 0) is 6.42 Å². The largest absolute Gasteiger partial charge is 0.378 e. The van der Waals surface area contributed by atoms with Crippen molar-refractivity contribution in [2.45, 2.75) is 6.42 Å². The Morgan fingerprint density at radius 3 is 1.38 bits per heavy atom. The fourth-order valence-corrected chi connectivity index (χ4v) is 5.91. The summed E-state index contributed by atoms with van der Waals surface area (Å²) in [7, 11) is 12.6. The highest BCUT2D eigenvalue weighted by atomic mass is 15.1. The summed E-state index contributed by atoms with van der Waals surface area (Å²) in [6.07, 6.45) is 0.943. The molecule has 0 saturated carbocycles. The van der Waals surface area contributed by atoms with Crippen molar-refractivity contribution >= 4 is 17.1 Å². The molecule has 1 aliphatic rings. The topological polar surface area (TPSA) is 9.72 Å². The van der Waals surface area contributed by atoms with Gasteiger partial charge in [-0.2, -0.15) is 0 Å². The quantitative estimate of drug-likeness (QED) is 0.217. The van der Waals surface area contributed by atoms with Crippen LogP contribution < -0.4 is 14.7 Å². The van der Waals surface area contributed by atoms with Crippen LogP contribution in [0.2, 0.25) is 0 Å². The van der Waals surface area contributed by atoms with Crippen LogP contribution in [0.25, 0.3) is 44.5 Å². The van der Waals surface area contributed by atoms with E-state index in [0.717, 1.165) is 6.42 Å². The minimum atomic E-state index is 0.943. The van der Waals surface area contributed by atoms with Gasteiger partial charge in [0.1, 0.15) is 0 Å². The zero-order valence-electron chi connectivity index (χ0n) is 24.4. The number of nitrogens with zero attached hydrogens (tertiary/aromatic N) is 3. The number of fused-ring (bicyclic) bond motifs is 3. The minimum Gasteiger partial charge on any atom is -0.378 e. The van der Waals surface area contributed by atoms with Crippen LogP contribution in [0, 0.1) is 0 Å². The van der Waals surface area contributed by atoms with Gasteiger partial charge in [-0.25, -0.2) is 0 Å². The maximum atomic E-state index is 2.44. The molecule has 0 atom stereocenters. The van der Waals surface area contributed by atoms with Crippen molar-refractivity contribution in [3.8, 4) is 44.5 Å². The first-order valence-corrected chi connectivity index (χ1v) is 13.9. The molecule has 5 aromatic rings. The Bertz CT molecular complexity index is 1660. The van der Waals surface area contributed by atoms with E-state index in [0.29, 0.717) is 0 Å². The fraction of sp³-hybridized carbons (Fsp3) is 0.189. The van der Waals surface area contributed by atoms with Crippen LogP contribution >= 0.6 is 0 Å². The second kappa shape index (κ2) is 10.2. The SMILES string of the molecule is CN(C)c1ccc(-c2cc3c(c(-c4ccc(N(C)C)cc4)c2-c2ccc(N(C)C)cc2)Cc2ccccc2-3)cc1. The molecule has 0 amide bonds. The molecule has 40 heavy (non-hydrogen) atoms. The Labute approximate surface area is 238 Å². The first-order chi connectivity index (χ1) is 19.3. The molecule has 5 aromatic carbocycles. The van der Waals surface area contributed by atoms with E-state index in [4.69, 9.17) is 0 Å². The summed E-state index contributed by atoms with van der Waals surface area (Å²) >= 11 is 0. The van der Waals surface area contributed by atoms with Gasteiger partial charge in [0.25, 0.3) is 0 Å². The summed E-state index contributed by atoms with van der Waals surface area (Å²) in [6.45, 7) is 0. The van der Waals surface area contributed by atoms with E-state index in [1.807, 2.05) is 0 Å². The maximum Gasteiger partial charge on any atom is 0.0361 e. The first-order valence-electron chi connectivity index (χ1n) is 13.9. The minimum absolute atomic E-state index is 0.943. The van der Waals surface area contributed by atoms with Crippen LogP contribution in [0.4, 0.5) is 17.1 Å². The Kier molecular flexibility index (Phi) is 6.59. The average Bonchev–Trinajstić information content (AvgIpc) is 3.34. The van der Waals surface area contributed by atoms with Crippen molar-refractivity contribution in [1.82, 2.24) is 0 Å². The first kappa shape index (κ1) is 25.8. The van der Waals surface area contributed by atoms with E-state index in [1.165, 1.54) is 72.7 Å². The van der Waals surface area contributed by atoms with E-state index in [-0.39, 0.29) is 0 Å². The molecule has 3 heteroatoms. The van der Waals surface area contributed by atoms with Gasteiger partial charge < -0.3 is 14.7 Å². The van der Waals surface area contributed by atoms with Crippen LogP contribution in [-0.4, -0.2) is 42.3 Å². The zero-order valence-corrected chi connectivity index (χ0v) is 24.4. The monoisotopic (exact) mass is 523 g/mol. The van der Waals surface area contributed by atoms with Gasteiger partial charge >= 0.3 is 0 Å². The molecular weight excluding hydrogens is 486 g/mol. The third-order valence-electron chi connectivity index (χ3n) is 8.15. The molecule has 0 heterocycles. The van der Waals surface area contributed by atoms with E-state index in [2.05, 4.69) is 160 Å². The molecule has 0 unspecified atom stereocenters. The highest BCUT2D eigenvalue weighted by molar-refractivity contribution is 6.02. The van der Waals surface area contributed by atoms with Crippen molar-refractivity contribution in [3.05, 3.63) is 114 Å². The molecule has 1 aliphatic carbocycles. The summed E-state index contributed by atoms with van der Waals surface area (Å²) in [4.78, 5) is 6.47. The molecular formula is C37H37N3. The second-order valence-electron chi connectivity index (χ2n) is 11.4. The molecule has 0 aromatic heterocycles. The van der Waals surface area contributed by atoms with Gasteiger partial charge in [-0.1, -0.05) is 60.7 Å². The molecule has 0 aliphatic heterocycles. The Morgan fingerprint density at radius 1 is 0.425 bits per heavy atom. The molecule has 0 saturated heterocycles. The molecule has 0 spiro atoms. The lowest BCUT2D eigenvalue weighted by molar-refractivity contribution is 1.13. The predicted octanol–water partition coefficient (Wildman–Crippen LogP) is 8.46. The molecule has 3 nitrogen and oxygen atoms in total. The lowest BCUT2D eigenvalue weighted by atomic mass is 9.82. The van der Waals surface area contributed by atoms with Crippen LogP contribution in [0.15, 0.2) is 103 Å². The summed E-state index contributed by atoms with van der Waals surface area (Å²) in [6, 6.07) is 38.4. The number of rotatable bonds is 6. The van der Waals surface area contributed by atoms with E-state index < -0.39 is 0 Å². The normalized spacial score (nSPS) is 11.7. The number of hydrogen-bond acceptors (Lipinski definition) is 3.